The Morgan fingerprint density at radius 3 is 2.46 bits per heavy atom. The lowest BCUT2D eigenvalue weighted by molar-refractivity contribution is 0.0954. The van der Waals surface area contributed by atoms with Crippen LogP contribution in [0.1, 0.15) is 27.2 Å². The molecule has 0 spiro atoms. The zero-order chi connectivity index (χ0) is 18.9. The number of hydrogen-bond donors (Lipinski definition) is 2. The van der Waals surface area contributed by atoms with E-state index in [2.05, 4.69) is 5.32 Å². The topological polar surface area (TPSA) is 102 Å². The van der Waals surface area contributed by atoms with Gasteiger partial charge >= 0.3 is 0 Å². The average Bonchev–Trinajstić information content (AvgIpc) is 2.93. The first-order chi connectivity index (χ1) is 12.2. The summed E-state index contributed by atoms with van der Waals surface area (Å²) in [5.41, 5.74) is 2.99. The second-order valence-electron chi connectivity index (χ2n) is 6.28. The van der Waals surface area contributed by atoms with Crippen LogP contribution < -0.4 is 10.5 Å². The Labute approximate surface area is 152 Å². The molecule has 1 amide bonds. The second kappa shape index (κ2) is 6.93. The maximum atomic E-state index is 12.5. The zero-order valence-corrected chi connectivity index (χ0v) is 15.4. The maximum Gasteiger partial charge on any atom is 0.255 e. The van der Waals surface area contributed by atoms with E-state index in [9.17, 15) is 13.2 Å². The van der Waals surface area contributed by atoms with E-state index < -0.39 is 10.0 Å². The van der Waals surface area contributed by atoms with Crippen molar-refractivity contribution in [2.75, 3.05) is 6.54 Å². The number of rotatable bonds is 5. The van der Waals surface area contributed by atoms with Gasteiger partial charge in [0.1, 0.15) is 11.3 Å². The van der Waals surface area contributed by atoms with Crippen molar-refractivity contribution in [3.63, 3.8) is 0 Å². The number of hydrogen-bond acceptors (Lipinski definition) is 4. The number of amides is 1. The Morgan fingerprint density at radius 2 is 1.81 bits per heavy atom. The Balaban J connectivity index is 1.68. The van der Waals surface area contributed by atoms with E-state index in [0.29, 0.717) is 24.1 Å². The van der Waals surface area contributed by atoms with Gasteiger partial charge in [-0.25, -0.2) is 13.6 Å². The lowest BCUT2D eigenvalue weighted by atomic mass is 10.1. The van der Waals surface area contributed by atoms with Crippen LogP contribution >= 0.6 is 0 Å². The predicted molar refractivity (Wildman–Crippen MR) is 99.5 cm³/mol. The van der Waals surface area contributed by atoms with Gasteiger partial charge in [0.15, 0.2) is 0 Å². The summed E-state index contributed by atoms with van der Waals surface area (Å²) in [6, 6.07) is 12.0. The maximum absolute atomic E-state index is 12.5. The number of fused-ring (bicyclic) bond motifs is 1. The molecule has 0 aliphatic rings. The van der Waals surface area contributed by atoms with Crippen LogP contribution in [0.3, 0.4) is 0 Å². The highest BCUT2D eigenvalue weighted by molar-refractivity contribution is 7.89. The van der Waals surface area contributed by atoms with Gasteiger partial charge < -0.3 is 9.73 Å². The smallest absolute Gasteiger partial charge is 0.255 e. The normalized spacial score (nSPS) is 11.7. The van der Waals surface area contributed by atoms with Gasteiger partial charge in [0.25, 0.3) is 5.91 Å². The van der Waals surface area contributed by atoms with E-state index in [1.54, 1.807) is 12.1 Å². The SMILES string of the molecule is Cc1cc(C(=O)NCCc2ccc(S(N)(=O)=O)cc2)c2oc(C)cc2c1. The van der Waals surface area contributed by atoms with E-state index >= 15 is 0 Å². The molecule has 0 fully saturated rings. The van der Waals surface area contributed by atoms with Gasteiger partial charge in [-0.15, -0.1) is 0 Å². The van der Waals surface area contributed by atoms with Crippen molar-refractivity contribution in [1.29, 1.82) is 0 Å². The number of primary sulfonamides is 1. The van der Waals surface area contributed by atoms with Crippen LogP contribution in [0.4, 0.5) is 0 Å². The molecule has 0 aliphatic carbocycles. The van der Waals surface area contributed by atoms with Gasteiger partial charge in [-0.1, -0.05) is 12.1 Å². The highest BCUT2D eigenvalue weighted by Crippen LogP contribution is 2.24. The molecule has 0 aliphatic heterocycles. The molecule has 6 nitrogen and oxygen atoms in total. The summed E-state index contributed by atoms with van der Waals surface area (Å²) in [6.07, 6.45) is 0.572. The Bertz CT molecular complexity index is 1070. The minimum absolute atomic E-state index is 0.0700. The highest BCUT2D eigenvalue weighted by atomic mass is 32.2. The number of sulfonamides is 1. The molecule has 26 heavy (non-hydrogen) atoms. The lowest BCUT2D eigenvalue weighted by Gasteiger charge is -2.07. The summed E-state index contributed by atoms with van der Waals surface area (Å²) in [5, 5.41) is 8.86. The van der Waals surface area contributed by atoms with E-state index in [0.717, 1.165) is 22.3 Å². The van der Waals surface area contributed by atoms with Gasteiger partial charge in [-0.3, -0.25) is 4.79 Å². The third-order valence-corrected chi connectivity index (χ3v) is 5.01. The molecule has 0 atom stereocenters. The highest BCUT2D eigenvalue weighted by Gasteiger charge is 2.14. The third kappa shape index (κ3) is 3.95. The molecule has 1 aromatic heterocycles. The Morgan fingerprint density at radius 1 is 1.12 bits per heavy atom. The minimum Gasteiger partial charge on any atom is -0.461 e. The molecule has 2 aromatic carbocycles. The van der Waals surface area contributed by atoms with Crippen LogP contribution in [0.15, 0.2) is 51.8 Å². The number of nitrogens with one attached hydrogen (secondary N) is 1. The quantitative estimate of drug-likeness (QED) is 0.719. The Hall–Kier alpha value is -2.64. The van der Waals surface area contributed by atoms with Crippen LogP contribution in [0.25, 0.3) is 11.0 Å². The molecular weight excluding hydrogens is 352 g/mol. The minimum atomic E-state index is -3.69. The van der Waals surface area contributed by atoms with Crippen molar-refractivity contribution in [3.8, 4) is 0 Å². The molecule has 1 heterocycles. The number of nitrogens with two attached hydrogens (primary N) is 1. The standard InChI is InChI=1S/C19H20N2O4S/c1-12-9-15-11-13(2)25-18(15)17(10-12)19(22)21-8-7-14-3-5-16(6-4-14)26(20,23)24/h3-6,9-11H,7-8H2,1-2H3,(H,21,22)(H2,20,23,24). The molecule has 3 rings (SSSR count). The average molecular weight is 372 g/mol. The largest absolute Gasteiger partial charge is 0.461 e. The number of benzene rings is 2. The van der Waals surface area contributed by atoms with Gasteiger partial charge in [-0.05, 0) is 61.7 Å². The second-order valence-corrected chi connectivity index (χ2v) is 7.84. The fourth-order valence-electron chi connectivity index (χ4n) is 2.86. The summed E-state index contributed by atoms with van der Waals surface area (Å²) in [6.45, 7) is 4.20. The molecule has 3 aromatic rings. The van der Waals surface area contributed by atoms with Gasteiger partial charge in [0, 0.05) is 11.9 Å². The third-order valence-electron chi connectivity index (χ3n) is 4.08. The Kier molecular flexibility index (Phi) is 4.84. The van der Waals surface area contributed by atoms with Crippen molar-refractivity contribution in [3.05, 3.63) is 64.9 Å². The molecular formula is C19H20N2O4S. The molecule has 7 heteroatoms. The molecule has 0 radical (unpaired) electrons. The van der Waals surface area contributed by atoms with Crippen molar-refractivity contribution in [2.24, 2.45) is 5.14 Å². The van der Waals surface area contributed by atoms with Gasteiger partial charge in [0.05, 0.1) is 10.5 Å². The lowest BCUT2D eigenvalue weighted by Crippen LogP contribution is -2.26. The van der Waals surface area contributed by atoms with E-state index in [1.807, 2.05) is 32.0 Å². The number of furan rings is 1. The van der Waals surface area contributed by atoms with Crippen molar-refractivity contribution in [2.45, 2.75) is 25.2 Å². The first-order valence-electron chi connectivity index (χ1n) is 8.15. The summed E-state index contributed by atoms with van der Waals surface area (Å²) in [4.78, 5) is 12.6. The van der Waals surface area contributed by atoms with Crippen LogP contribution in [-0.4, -0.2) is 20.9 Å². The number of aryl methyl sites for hydroxylation is 2. The fourth-order valence-corrected chi connectivity index (χ4v) is 3.38. The van der Waals surface area contributed by atoms with Crippen molar-refractivity contribution < 1.29 is 17.6 Å². The van der Waals surface area contributed by atoms with Crippen molar-refractivity contribution in [1.82, 2.24) is 5.32 Å². The predicted octanol–water partition coefficient (Wildman–Crippen LogP) is 2.67. The number of carbonyl (C=O) groups is 1. The number of carbonyl (C=O) groups excluding carboxylic acids is 1. The molecule has 0 unspecified atom stereocenters. The van der Waals surface area contributed by atoms with Crippen LogP contribution in [-0.2, 0) is 16.4 Å². The molecule has 0 saturated heterocycles. The zero-order valence-electron chi connectivity index (χ0n) is 14.6. The van der Waals surface area contributed by atoms with Crippen LogP contribution in [0.5, 0.6) is 0 Å². The van der Waals surface area contributed by atoms with Gasteiger partial charge in [-0.2, -0.15) is 0 Å². The summed E-state index contributed by atoms with van der Waals surface area (Å²) in [7, 11) is -3.69. The van der Waals surface area contributed by atoms with E-state index in [4.69, 9.17) is 9.56 Å². The van der Waals surface area contributed by atoms with Gasteiger partial charge in [0.2, 0.25) is 10.0 Å². The summed E-state index contributed by atoms with van der Waals surface area (Å²) >= 11 is 0. The first kappa shape index (κ1) is 18.2. The monoisotopic (exact) mass is 372 g/mol. The van der Waals surface area contributed by atoms with Crippen LogP contribution in [0, 0.1) is 13.8 Å². The first-order valence-corrected chi connectivity index (χ1v) is 9.69. The fraction of sp³-hybridized carbons (Fsp3) is 0.211. The van der Waals surface area contributed by atoms with E-state index in [1.165, 1.54) is 12.1 Å². The van der Waals surface area contributed by atoms with E-state index in [-0.39, 0.29) is 10.8 Å². The molecule has 3 N–H and O–H groups in total. The molecule has 0 saturated carbocycles. The molecule has 0 bridgehead atoms. The summed E-state index contributed by atoms with van der Waals surface area (Å²) < 4.78 is 28.2. The molecule has 136 valence electrons. The van der Waals surface area contributed by atoms with Crippen LogP contribution in [0.2, 0.25) is 0 Å². The van der Waals surface area contributed by atoms with Crippen molar-refractivity contribution >= 4 is 26.9 Å². The summed E-state index contributed by atoms with van der Waals surface area (Å²) in [5.74, 6) is 0.559.